The highest BCUT2D eigenvalue weighted by atomic mass is 32.2. The van der Waals surface area contributed by atoms with Crippen molar-refractivity contribution in [3.8, 4) is 23.0 Å². The maximum absolute atomic E-state index is 14.6. The standard InChI is InChI=1S/C26H32F2N4O8S.C25H31F2N7O7S/c1-3-39-26(33)19(2)16-20-17-23(27)25(24(28)18-20)40-21-4-6-22(7-5-21)41(34,35)31-9-11-37-13-15-38-14-12-36-10-8-30-32-29;1-17(24(35)33-25(28)29)14-18-15-21(26)23(22(27)16-18)41-19-2-4-20(5-3-19)42(36,37)32-7-9-39-11-13-40-12-10-38-8-6-31-34-30/h4-7,16-18,31H,3,8-15H2,1-2H3;2-5,14-16,32H,6-13H2,1H3,(H4,28,29,33,35)/b19-16+;17-14+. The van der Waals surface area contributed by atoms with Crippen LogP contribution in [-0.4, -0.2) is 147 Å². The SMILES string of the molecule is C/C(=C\c1cc(F)c(Oc2ccc(S(=O)(=O)NCCOCCOCCOCCN=[N+]=[N-])cc2)c(F)c1)C(=O)N=C(N)N.CCOC(=O)/C(C)=C/c1cc(F)c(Oc2ccc(S(=O)(=O)NCCOCCOCCOCCN=[N+]=[N-])cc2)c(F)c1. The van der Waals surface area contributed by atoms with Crippen molar-refractivity contribution in [1.29, 1.82) is 0 Å². The number of rotatable bonds is 37. The first-order valence-corrected chi connectivity index (χ1v) is 27.9. The second kappa shape index (κ2) is 38.1. The molecule has 0 aliphatic rings. The van der Waals surface area contributed by atoms with Crippen LogP contribution in [0.15, 0.2) is 109 Å². The quantitative estimate of drug-likeness (QED) is 0.00408. The third-order valence-electron chi connectivity index (χ3n) is 10.0. The number of aliphatic imine (C=N–C) groups is 1. The van der Waals surface area contributed by atoms with Crippen molar-refractivity contribution in [2.75, 3.05) is 112 Å². The highest BCUT2D eigenvalue weighted by molar-refractivity contribution is 7.89. The van der Waals surface area contributed by atoms with Crippen LogP contribution in [0.5, 0.6) is 23.0 Å². The number of benzene rings is 4. The number of nitrogens with one attached hydrogen (secondary N) is 2. The number of nitrogens with zero attached hydrogens (tertiary/aromatic N) is 7. The Hall–Kier alpha value is -7.71. The predicted molar refractivity (Wildman–Crippen MR) is 294 cm³/mol. The van der Waals surface area contributed by atoms with E-state index in [1.165, 1.54) is 74.5 Å². The van der Waals surface area contributed by atoms with Gasteiger partial charge in [0, 0.05) is 47.1 Å². The molecule has 0 radical (unpaired) electrons. The number of ether oxygens (including phenoxy) is 9. The number of azide groups is 2. The Morgan fingerprint density at radius 1 is 0.554 bits per heavy atom. The van der Waals surface area contributed by atoms with Crippen LogP contribution in [-0.2, 0) is 62.8 Å². The average Bonchev–Trinajstić information content (AvgIpc) is 3.44. The second-order valence-electron chi connectivity index (χ2n) is 16.4. The third-order valence-corrected chi connectivity index (χ3v) is 13.0. The zero-order valence-electron chi connectivity index (χ0n) is 45.3. The number of hydrogen-bond acceptors (Lipinski definition) is 17. The molecule has 83 heavy (non-hydrogen) atoms. The van der Waals surface area contributed by atoms with Crippen LogP contribution in [0, 0.1) is 23.3 Å². The molecule has 0 spiro atoms. The molecule has 4 aromatic carbocycles. The molecule has 0 bridgehead atoms. The molecule has 0 aliphatic heterocycles. The number of amides is 1. The van der Waals surface area contributed by atoms with Crippen LogP contribution in [0.4, 0.5) is 17.6 Å². The zero-order valence-corrected chi connectivity index (χ0v) is 47.0. The van der Waals surface area contributed by atoms with Gasteiger partial charge in [-0.1, -0.05) is 10.2 Å². The van der Waals surface area contributed by atoms with Gasteiger partial charge in [-0.3, -0.25) is 4.79 Å². The van der Waals surface area contributed by atoms with Crippen LogP contribution in [0.25, 0.3) is 33.0 Å². The lowest BCUT2D eigenvalue weighted by molar-refractivity contribution is -0.138. The van der Waals surface area contributed by atoms with Gasteiger partial charge in [-0.05, 0) is 128 Å². The number of hydrogen-bond donors (Lipinski definition) is 4. The van der Waals surface area contributed by atoms with E-state index >= 15 is 0 Å². The summed E-state index contributed by atoms with van der Waals surface area (Å²) >= 11 is 0. The highest BCUT2D eigenvalue weighted by Crippen LogP contribution is 2.32. The summed E-state index contributed by atoms with van der Waals surface area (Å²) in [4.78, 5) is 31.9. The fraction of sp³-hybridized carbons (Fsp3) is 0.392. The van der Waals surface area contributed by atoms with Gasteiger partial charge in [0.1, 0.15) is 11.5 Å². The van der Waals surface area contributed by atoms with Gasteiger partial charge in [0.2, 0.25) is 20.0 Å². The first-order valence-electron chi connectivity index (χ1n) is 24.9. The molecule has 0 aromatic heterocycles. The Morgan fingerprint density at radius 3 is 1.23 bits per heavy atom. The predicted octanol–water partition coefficient (Wildman–Crippen LogP) is 6.96. The van der Waals surface area contributed by atoms with Crippen molar-refractivity contribution in [3.63, 3.8) is 0 Å². The Labute approximate surface area is 476 Å². The molecule has 0 atom stereocenters. The van der Waals surface area contributed by atoms with Crippen molar-refractivity contribution >= 4 is 50.0 Å². The van der Waals surface area contributed by atoms with E-state index in [9.17, 15) is 44.0 Å². The molecule has 4 aromatic rings. The van der Waals surface area contributed by atoms with E-state index in [1.807, 2.05) is 0 Å². The van der Waals surface area contributed by atoms with Crippen molar-refractivity contribution in [3.05, 3.63) is 139 Å². The van der Waals surface area contributed by atoms with Crippen molar-refractivity contribution in [2.24, 2.45) is 26.7 Å². The molecule has 32 heteroatoms. The van der Waals surface area contributed by atoms with Gasteiger partial charge in [0.05, 0.1) is 95.7 Å². The summed E-state index contributed by atoms with van der Waals surface area (Å²) in [6.45, 7) is 8.39. The van der Waals surface area contributed by atoms with E-state index in [4.69, 9.17) is 65.2 Å². The summed E-state index contributed by atoms with van der Waals surface area (Å²) < 4.78 is 160. The number of carbonyl (C=O) groups excluding carboxylic acids is 2. The molecule has 26 nitrogen and oxygen atoms in total. The third kappa shape index (κ3) is 27.3. The average molecular weight is 1210 g/mol. The number of esters is 1. The number of carbonyl (C=O) groups is 2. The molecule has 0 fully saturated rings. The van der Waals surface area contributed by atoms with E-state index in [2.05, 4.69) is 34.5 Å². The minimum Gasteiger partial charge on any atom is -0.463 e. The van der Waals surface area contributed by atoms with Crippen molar-refractivity contribution in [2.45, 2.75) is 30.6 Å². The molecule has 6 N–H and O–H groups in total. The van der Waals surface area contributed by atoms with Gasteiger partial charge >= 0.3 is 5.97 Å². The number of halogens is 4. The minimum atomic E-state index is -3.88. The van der Waals surface area contributed by atoms with Gasteiger partial charge in [-0.2, -0.15) is 4.99 Å². The highest BCUT2D eigenvalue weighted by Gasteiger charge is 2.19. The summed E-state index contributed by atoms with van der Waals surface area (Å²) in [6, 6.07) is 13.8. The number of sulfonamides is 2. The largest absolute Gasteiger partial charge is 0.463 e. The van der Waals surface area contributed by atoms with Gasteiger partial charge in [-0.25, -0.2) is 48.6 Å². The van der Waals surface area contributed by atoms with E-state index in [-0.39, 0.29) is 109 Å². The Balaban J connectivity index is 0.000000435. The van der Waals surface area contributed by atoms with Crippen LogP contribution >= 0.6 is 0 Å². The lowest BCUT2D eigenvalue weighted by atomic mass is 10.1. The van der Waals surface area contributed by atoms with Crippen LogP contribution in [0.1, 0.15) is 31.9 Å². The fourth-order valence-electron chi connectivity index (χ4n) is 6.25. The maximum atomic E-state index is 14.6. The molecular weight excluding hydrogens is 1150 g/mol. The molecule has 1 amide bonds. The summed E-state index contributed by atoms with van der Waals surface area (Å²) in [5, 5.41) is 6.66. The second-order valence-corrected chi connectivity index (χ2v) is 19.9. The lowest BCUT2D eigenvalue weighted by Crippen LogP contribution is -2.27. The smallest absolute Gasteiger partial charge is 0.333 e. The summed E-state index contributed by atoms with van der Waals surface area (Å²) in [7, 11) is -7.75. The molecule has 0 saturated heterocycles. The zero-order chi connectivity index (χ0) is 61.0. The maximum Gasteiger partial charge on any atom is 0.333 e. The summed E-state index contributed by atoms with van der Waals surface area (Å²) in [5.74, 6) is -7.33. The first-order chi connectivity index (χ1) is 39.7. The Morgan fingerprint density at radius 2 is 0.892 bits per heavy atom. The molecule has 0 heterocycles. The van der Waals surface area contributed by atoms with Crippen LogP contribution in [0.2, 0.25) is 0 Å². The number of guanidine groups is 1. The van der Waals surface area contributed by atoms with Crippen LogP contribution in [0.3, 0.4) is 0 Å². The first kappa shape index (κ1) is 69.6. The molecule has 4 rings (SSSR count). The number of nitrogens with two attached hydrogens (primary N) is 2. The summed E-state index contributed by atoms with van der Waals surface area (Å²) in [6.07, 6.45) is 2.49. The van der Waals surface area contributed by atoms with Crippen molar-refractivity contribution < 1.29 is 86.6 Å². The van der Waals surface area contributed by atoms with Crippen LogP contribution < -0.4 is 30.4 Å². The lowest BCUT2D eigenvalue weighted by Gasteiger charge is -2.11. The Bertz CT molecular complexity index is 3100. The van der Waals surface area contributed by atoms with Gasteiger partial charge in [-0.15, -0.1) is 0 Å². The monoisotopic (exact) mass is 1210 g/mol. The fourth-order valence-corrected chi connectivity index (χ4v) is 8.27. The van der Waals surface area contributed by atoms with Gasteiger partial charge < -0.3 is 54.1 Å². The van der Waals surface area contributed by atoms with E-state index in [1.54, 1.807) is 6.92 Å². The molecular formula is C51H63F4N11O15S2. The van der Waals surface area contributed by atoms with Gasteiger partial charge in [0.25, 0.3) is 5.91 Å². The molecule has 0 aliphatic carbocycles. The van der Waals surface area contributed by atoms with Gasteiger partial charge in [0.15, 0.2) is 40.7 Å². The summed E-state index contributed by atoms with van der Waals surface area (Å²) in [5.41, 5.74) is 26.9. The minimum absolute atomic E-state index is 0.00263. The molecule has 0 unspecified atom stereocenters. The molecule has 0 saturated carbocycles. The Kier molecular flexibility index (Phi) is 32.0. The normalized spacial score (nSPS) is 11.6. The topological polar surface area (TPSA) is 371 Å². The molecule has 452 valence electrons. The van der Waals surface area contributed by atoms with E-state index in [0.717, 1.165) is 24.3 Å². The van der Waals surface area contributed by atoms with Crippen molar-refractivity contribution in [1.82, 2.24) is 9.44 Å². The van der Waals surface area contributed by atoms with E-state index in [0.29, 0.717) is 46.2 Å². The van der Waals surface area contributed by atoms with E-state index < -0.39 is 72.7 Å².